The van der Waals surface area contributed by atoms with Crippen molar-refractivity contribution in [3.8, 4) is 0 Å². The van der Waals surface area contributed by atoms with E-state index in [4.69, 9.17) is 23.2 Å². The van der Waals surface area contributed by atoms with Crippen LogP contribution in [0.15, 0.2) is 29.6 Å². The van der Waals surface area contributed by atoms with Gasteiger partial charge in [-0.2, -0.15) is 0 Å². The number of para-hydroxylation sites is 1. The Kier molecular flexibility index (Phi) is 4.01. The maximum absolute atomic E-state index is 6.25. The Balaban J connectivity index is 2.14. The SMILES string of the molecule is Cc1ccsc1Cn1c(CCCl)nc2c(Cl)cccc21. The summed E-state index contributed by atoms with van der Waals surface area (Å²) < 4.78 is 2.22. The zero-order valence-electron chi connectivity index (χ0n) is 11.1. The molecule has 0 N–H and O–H groups in total. The molecule has 0 atom stereocenters. The van der Waals surface area contributed by atoms with Gasteiger partial charge in [0.25, 0.3) is 0 Å². The molecule has 0 radical (unpaired) electrons. The van der Waals surface area contributed by atoms with E-state index in [0.29, 0.717) is 10.9 Å². The number of nitrogens with zero attached hydrogens (tertiary/aromatic N) is 2. The minimum absolute atomic E-state index is 0.560. The first kappa shape index (κ1) is 13.9. The average molecular weight is 325 g/mol. The Morgan fingerprint density at radius 1 is 1.30 bits per heavy atom. The number of imidazole rings is 1. The van der Waals surface area contributed by atoms with Crippen LogP contribution in [0.4, 0.5) is 0 Å². The van der Waals surface area contributed by atoms with Crippen LogP contribution >= 0.6 is 34.5 Å². The lowest BCUT2D eigenvalue weighted by atomic mass is 10.2. The van der Waals surface area contributed by atoms with Crippen molar-refractivity contribution in [1.29, 1.82) is 0 Å². The molecule has 5 heteroatoms. The lowest BCUT2D eigenvalue weighted by Crippen LogP contribution is -2.05. The first-order chi connectivity index (χ1) is 9.70. The lowest BCUT2D eigenvalue weighted by Gasteiger charge is -2.08. The van der Waals surface area contributed by atoms with Gasteiger partial charge >= 0.3 is 0 Å². The summed E-state index contributed by atoms with van der Waals surface area (Å²) in [6.45, 7) is 2.96. The lowest BCUT2D eigenvalue weighted by molar-refractivity contribution is 0.760. The Hall–Kier alpha value is -1.03. The molecule has 1 aromatic carbocycles. The summed E-state index contributed by atoms with van der Waals surface area (Å²) in [4.78, 5) is 6.01. The van der Waals surface area contributed by atoms with Gasteiger partial charge in [-0.1, -0.05) is 17.7 Å². The van der Waals surface area contributed by atoms with Gasteiger partial charge in [0.1, 0.15) is 11.3 Å². The second kappa shape index (κ2) is 5.76. The molecule has 3 rings (SSSR count). The van der Waals surface area contributed by atoms with E-state index in [1.807, 2.05) is 12.1 Å². The maximum Gasteiger partial charge on any atom is 0.111 e. The molecule has 20 heavy (non-hydrogen) atoms. The number of fused-ring (bicyclic) bond motifs is 1. The van der Waals surface area contributed by atoms with E-state index in [2.05, 4.69) is 34.0 Å². The molecule has 0 aliphatic rings. The number of aryl methyl sites for hydroxylation is 2. The van der Waals surface area contributed by atoms with Crippen LogP contribution in [0.5, 0.6) is 0 Å². The molecule has 104 valence electrons. The summed E-state index contributed by atoms with van der Waals surface area (Å²) in [6, 6.07) is 8.05. The van der Waals surface area contributed by atoms with Crippen LogP contribution in [-0.4, -0.2) is 15.4 Å². The van der Waals surface area contributed by atoms with Gasteiger partial charge in [0.05, 0.1) is 17.1 Å². The smallest absolute Gasteiger partial charge is 0.111 e. The molecule has 2 heterocycles. The van der Waals surface area contributed by atoms with Crippen molar-refractivity contribution in [3.63, 3.8) is 0 Å². The van der Waals surface area contributed by atoms with Crippen molar-refractivity contribution >= 4 is 45.6 Å². The standard InChI is InChI=1S/C15H14Cl2N2S/c1-10-6-8-20-13(10)9-19-12-4-2-3-11(17)15(12)18-14(19)5-7-16/h2-4,6,8H,5,7,9H2,1H3. The fourth-order valence-electron chi connectivity index (χ4n) is 2.32. The van der Waals surface area contributed by atoms with Gasteiger partial charge in [-0.25, -0.2) is 4.98 Å². The molecular formula is C15H14Cl2N2S. The van der Waals surface area contributed by atoms with E-state index in [9.17, 15) is 0 Å². The van der Waals surface area contributed by atoms with E-state index < -0.39 is 0 Å². The molecule has 2 aromatic heterocycles. The minimum Gasteiger partial charge on any atom is -0.323 e. The van der Waals surface area contributed by atoms with Gasteiger partial charge in [0.2, 0.25) is 0 Å². The van der Waals surface area contributed by atoms with E-state index in [1.54, 1.807) is 11.3 Å². The third-order valence-corrected chi connectivity index (χ3v) is 4.90. The number of hydrogen-bond donors (Lipinski definition) is 0. The molecule has 0 bridgehead atoms. The van der Waals surface area contributed by atoms with Crippen molar-refractivity contribution in [3.05, 3.63) is 50.9 Å². The number of rotatable bonds is 4. The molecule has 3 aromatic rings. The van der Waals surface area contributed by atoms with Crippen molar-refractivity contribution in [2.75, 3.05) is 5.88 Å². The maximum atomic E-state index is 6.25. The largest absolute Gasteiger partial charge is 0.323 e. The van der Waals surface area contributed by atoms with E-state index >= 15 is 0 Å². The Morgan fingerprint density at radius 3 is 2.85 bits per heavy atom. The highest BCUT2D eigenvalue weighted by atomic mass is 35.5. The second-order valence-electron chi connectivity index (χ2n) is 4.69. The van der Waals surface area contributed by atoms with Gasteiger partial charge in [0, 0.05) is 17.2 Å². The number of benzene rings is 1. The van der Waals surface area contributed by atoms with Crippen LogP contribution in [0.2, 0.25) is 5.02 Å². The molecule has 0 aliphatic heterocycles. The molecule has 0 aliphatic carbocycles. The van der Waals surface area contributed by atoms with Crippen LogP contribution in [0.1, 0.15) is 16.3 Å². The van der Waals surface area contributed by atoms with Crippen LogP contribution in [-0.2, 0) is 13.0 Å². The predicted molar refractivity (Wildman–Crippen MR) is 87.3 cm³/mol. The van der Waals surface area contributed by atoms with Crippen molar-refractivity contribution in [2.45, 2.75) is 19.9 Å². The number of halogens is 2. The van der Waals surface area contributed by atoms with Gasteiger partial charge in [0.15, 0.2) is 0 Å². The highest BCUT2D eigenvalue weighted by molar-refractivity contribution is 7.10. The van der Waals surface area contributed by atoms with Gasteiger partial charge in [-0.05, 0) is 36.1 Å². The second-order valence-corrected chi connectivity index (χ2v) is 6.47. The van der Waals surface area contributed by atoms with Crippen molar-refractivity contribution in [1.82, 2.24) is 9.55 Å². The van der Waals surface area contributed by atoms with Crippen LogP contribution in [0.3, 0.4) is 0 Å². The van der Waals surface area contributed by atoms with Crippen LogP contribution < -0.4 is 0 Å². The Morgan fingerprint density at radius 2 is 2.15 bits per heavy atom. The quantitative estimate of drug-likeness (QED) is 0.625. The normalized spacial score (nSPS) is 11.3. The molecule has 0 fully saturated rings. The summed E-state index contributed by atoms with van der Waals surface area (Å²) in [5.74, 6) is 1.56. The minimum atomic E-state index is 0.560. The van der Waals surface area contributed by atoms with E-state index in [1.165, 1.54) is 10.4 Å². The third kappa shape index (κ3) is 2.46. The first-order valence-corrected chi connectivity index (χ1v) is 8.22. The number of alkyl halides is 1. The van der Waals surface area contributed by atoms with Gasteiger partial charge < -0.3 is 4.57 Å². The monoisotopic (exact) mass is 324 g/mol. The van der Waals surface area contributed by atoms with Crippen LogP contribution in [0.25, 0.3) is 11.0 Å². The molecular weight excluding hydrogens is 311 g/mol. The van der Waals surface area contributed by atoms with Crippen molar-refractivity contribution < 1.29 is 0 Å². The highest BCUT2D eigenvalue weighted by Crippen LogP contribution is 2.27. The highest BCUT2D eigenvalue weighted by Gasteiger charge is 2.14. The number of aromatic nitrogens is 2. The fourth-order valence-corrected chi connectivity index (χ4v) is 3.60. The Bertz CT molecular complexity index is 745. The summed E-state index contributed by atoms with van der Waals surface area (Å²) >= 11 is 13.9. The molecule has 2 nitrogen and oxygen atoms in total. The summed E-state index contributed by atoms with van der Waals surface area (Å²) in [5, 5.41) is 2.82. The molecule has 0 unspecified atom stereocenters. The van der Waals surface area contributed by atoms with Crippen molar-refractivity contribution in [2.24, 2.45) is 0 Å². The Labute approximate surface area is 132 Å². The van der Waals surface area contributed by atoms with E-state index in [0.717, 1.165) is 29.8 Å². The van der Waals surface area contributed by atoms with Gasteiger partial charge in [-0.15, -0.1) is 22.9 Å². The zero-order valence-corrected chi connectivity index (χ0v) is 13.4. The van der Waals surface area contributed by atoms with Gasteiger partial charge in [-0.3, -0.25) is 0 Å². The third-order valence-electron chi connectivity index (χ3n) is 3.40. The number of hydrogen-bond acceptors (Lipinski definition) is 2. The first-order valence-electron chi connectivity index (χ1n) is 6.43. The fraction of sp³-hybridized carbons (Fsp3) is 0.267. The molecule has 0 amide bonds. The summed E-state index contributed by atoms with van der Waals surface area (Å²) in [6.07, 6.45) is 0.747. The molecule has 0 spiro atoms. The van der Waals surface area contributed by atoms with Crippen LogP contribution in [0, 0.1) is 6.92 Å². The predicted octanol–water partition coefficient (Wildman–Crippen LogP) is 4.89. The molecule has 0 saturated carbocycles. The average Bonchev–Trinajstić information content (AvgIpc) is 2.98. The zero-order chi connectivity index (χ0) is 14.1. The number of thiophene rings is 1. The topological polar surface area (TPSA) is 17.8 Å². The molecule has 0 saturated heterocycles. The summed E-state index contributed by atoms with van der Waals surface area (Å²) in [7, 11) is 0. The van der Waals surface area contributed by atoms with E-state index in [-0.39, 0.29) is 0 Å². The summed E-state index contributed by atoms with van der Waals surface area (Å²) in [5.41, 5.74) is 3.25.